The molecule has 0 amide bonds. The molecule has 0 heterocycles. The number of carbonyl (C=O) groups excluding carboxylic acids is 1. The van der Waals surface area contributed by atoms with Gasteiger partial charge in [0.05, 0.1) is 11.6 Å². The van der Waals surface area contributed by atoms with Crippen LogP contribution in [0.2, 0.25) is 0 Å². The van der Waals surface area contributed by atoms with Gasteiger partial charge >= 0.3 is 0 Å². The van der Waals surface area contributed by atoms with Crippen LogP contribution in [0.5, 0.6) is 0 Å². The van der Waals surface area contributed by atoms with Crippen LogP contribution in [0.1, 0.15) is 15.9 Å². The van der Waals surface area contributed by atoms with E-state index in [9.17, 15) is 10.1 Å². The van der Waals surface area contributed by atoms with Crippen LogP contribution < -0.4 is 0 Å². The van der Waals surface area contributed by atoms with Crippen LogP contribution >= 0.6 is 0 Å². The van der Waals surface area contributed by atoms with E-state index in [0.29, 0.717) is 11.1 Å². The Bertz CT molecular complexity index is 843. The van der Waals surface area contributed by atoms with Gasteiger partial charge in [-0.1, -0.05) is 42.5 Å². The van der Waals surface area contributed by atoms with Gasteiger partial charge in [0.1, 0.15) is 6.29 Å². The number of fused-ring (bicyclic) bond motifs is 1. The first kappa shape index (κ1) is 12.1. The number of rotatable bonds is 2. The smallest absolute Gasteiger partial charge is 0.150 e. The van der Waals surface area contributed by atoms with Crippen LogP contribution in [0, 0.1) is 11.3 Å². The van der Waals surface area contributed by atoms with Crippen molar-refractivity contribution in [3.8, 4) is 17.2 Å². The fourth-order valence-corrected chi connectivity index (χ4v) is 2.33. The van der Waals surface area contributed by atoms with Crippen LogP contribution in [0.15, 0.2) is 60.7 Å². The zero-order chi connectivity index (χ0) is 13.9. The highest BCUT2D eigenvalue weighted by Crippen LogP contribution is 2.27. The van der Waals surface area contributed by atoms with Crippen molar-refractivity contribution < 1.29 is 4.79 Å². The van der Waals surface area contributed by atoms with E-state index in [-0.39, 0.29) is 0 Å². The molecule has 2 heteroatoms. The maximum atomic E-state index is 10.9. The Kier molecular flexibility index (Phi) is 3.02. The molecule has 3 aromatic rings. The van der Waals surface area contributed by atoms with Gasteiger partial charge in [-0.2, -0.15) is 5.26 Å². The number of nitriles is 1. The average Bonchev–Trinajstić information content (AvgIpc) is 2.53. The maximum absolute atomic E-state index is 10.9. The second kappa shape index (κ2) is 4.99. The summed E-state index contributed by atoms with van der Waals surface area (Å²) in [7, 11) is 0. The Balaban J connectivity index is 2.24. The van der Waals surface area contributed by atoms with E-state index >= 15 is 0 Å². The number of hydrogen-bond acceptors (Lipinski definition) is 2. The molecular formula is C18H11NO. The van der Waals surface area contributed by atoms with E-state index in [2.05, 4.69) is 6.07 Å². The molecule has 2 nitrogen and oxygen atoms in total. The van der Waals surface area contributed by atoms with Crippen molar-refractivity contribution in [2.24, 2.45) is 0 Å². The van der Waals surface area contributed by atoms with Crippen molar-refractivity contribution in [2.45, 2.75) is 0 Å². The summed E-state index contributed by atoms with van der Waals surface area (Å²) >= 11 is 0. The minimum absolute atomic E-state index is 0.575. The second-order valence-electron chi connectivity index (χ2n) is 4.60. The zero-order valence-electron chi connectivity index (χ0n) is 10.7. The van der Waals surface area contributed by atoms with Crippen LogP contribution in [0.3, 0.4) is 0 Å². The Morgan fingerprint density at radius 1 is 0.900 bits per heavy atom. The summed E-state index contributed by atoms with van der Waals surface area (Å²) in [5, 5.41) is 11.5. The Morgan fingerprint density at radius 2 is 1.70 bits per heavy atom. The minimum atomic E-state index is 0.575. The predicted octanol–water partition coefficient (Wildman–Crippen LogP) is 4.19. The Hall–Kier alpha value is -2.92. The summed E-state index contributed by atoms with van der Waals surface area (Å²) in [6.45, 7) is 0. The fraction of sp³-hybridized carbons (Fsp3) is 0. The monoisotopic (exact) mass is 257 g/mol. The third-order valence-electron chi connectivity index (χ3n) is 3.36. The zero-order valence-corrected chi connectivity index (χ0v) is 10.7. The molecule has 0 radical (unpaired) electrons. The lowest BCUT2D eigenvalue weighted by atomic mass is 9.96. The molecule has 94 valence electrons. The Morgan fingerprint density at radius 3 is 2.45 bits per heavy atom. The molecule has 0 saturated carbocycles. The highest BCUT2D eigenvalue weighted by Gasteiger charge is 2.07. The van der Waals surface area contributed by atoms with Crippen LogP contribution in [-0.4, -0.2) is 6.29 Å². The summed E-state index contributed by atoms with van der Waals surface area (Å²) in [5.41, 5.74) is 2.89. The van der Waals surface area contributed by atoms with E-state index in [0.717, 1.165) is 28.2 Å². The molecule has 20 heavy (non-hydrogen) atoms. The van der Waals surface area contributed by atoms with Crippen molar-refractivity contribution in [3.63, 3.8) is 0 Å². The third-order valence-corrected chi connectivity index (χ3v) is 3.36. The molecule has 0 N–H and O–H groups in total. The van der Waals surface area contributed by atoms with Gasteiger partial charge in [-0.15, -0.1) is 0 Å². The average molecular weight is 257 g/mol. The van der Waals surface area contributed by atoms with Gasteiger partial charge in [0.15, 0.2) is 0 Å². The van der Waals surface area contributed by atoms with Gasteiger partial charge in [-0.05, 0) is 34.5 Å². The molecule has 0 bridgehead atoms. The highest BCUT2D eigenvalue weighted by molar-refractivity contribution is 5.89. The summed E-state index contributed by atoms with van der Waals surface area (Å²) in [6.07, 6.45) is 0.797. The molecular weight excluding hydrogens is 246 g/mol. The van der Waals surface area contributed by atoms with Crippen LogP contribution in [0.4, 0.5) is 0 Å². The van der Waals surface area contributed by atoms with Gasteiger partial charge in [-0.25, -0.2) is 0 Å². The third kappa shape index (κ3) is 2.06. The number of nitrogens with zero attached hydrogens (tertiary/aromatic N) is 1. The quantitative estimate of drug-likeness (QED) is 0.646. The fourth-order valence-electron chi connectivity index (χ4n) is 2.33. The first-order valence-electron chi connectivity index (χ1n) is 6.30. The maximum Gasteiger partial charge on any atom is 0.150 e. The summed E-state index contributed by atoms with van der Waals surface area (Å²) < 4.78 is 0. The largest absolute Gasteiger partial charge is 0.298 e. The number of aldehydes is 1. The van der Waals surface area contributed by atoms with Crippen molar-refractivity contribution in [1.29, 1.82) is 5.26 Å². The first-order valence-corrected chi connectivity index (χ1v) is 6.30. The lowest BCUT2D eigenvalue weighted by Crippen LogP contribution is -1.88. The molecule has 0 atom stereocenters. The molecule has 0 saturated heterocycles. The predicted molar refractivity (Wildman–Crippen MR) is 79.5 cm³/mol. The van der Waals surface area contributed by atoms with Crippen molar-refractivity contribution >= 4 is 17.1 Å². The van der Waals surface area contributed by atoms with Gasteiger partial charge < -0.3 is 0 Å². The lowest BCUT2D eigenvalue weighted by molar-refractivity contribution is 0.112. The molecule has 3 aromatic carbocycles. The van der Waals surface area contributed by atoms with Crippen LogP contribution in [-0.2, 0) is 0 Å². The number of carbonyl (C=O) groups is 1. The number of hydrogen-bond donors (Lipinski definition) is 0. The standard InChI is InChI=1S/C18H11NO/c19-11-17-6-5-13(12-20)9-18(17)16-8-7-14-3-1-2-4-15(14)10-16/h1-10,12H. The van der Waals surface area contributed by atoms with Crippen molar-refractivity contribution in [2.75, 3.05) is 0 Å². The molecule has 0 fully saturated rings. The molecule has 0 unspecified atom stereocenters. The van der Waals surface area contributed by atoms with Crippen molar-refractivity contribution in [3.05, 3.63) is 71.8 Å². The lowest BCUT2D eigenvalue weighted by Gasteiger charge is -2.07. The van der Waals surface area contributed by atoms with Gasteiger partial charge in [0.2, 0.25) is 0 Å². The van der Waals surface area contributed by atoms with E-state index < -0.39 is 0 Å². The highest BCUT2D eigenvalue weighted by atomic mass is 16.1. The molecule has 3 rings (SSSR count). The summed E-state index contributed by atoms with van der Waals surface area (Å²) in [4.78, 5) is 10.9. The van der Waals surface area contributed by atoms with E-state index in [1.54, 1.807) is 18.2 Å². The minimum Gasteiger partial charge on any atom is -0.298 e. The van der Waals surface area contributed by atoms with Gasteiger partial charge in [-0.3, -0.25) is 4.79 Å². The van der Waals surface area contributed by atoms with Gasteiger partial charge in [0, 0.05) is 11.1 Å². The molecule has 0 spiro atoms. The SMILES string of the molecule is N#Cc1ccc(C=O)cc1-c1ccc2ccccc2c1. The molecule has 0 aliphatic rings. The normalized spacial score (nSPS) is 10.2. The van der Waals surface area contributed by atoms with Crippen molar-refractivity contribution in [1.82, 2.24) is 0 Å². The molecule has 0 aliphatic heterocycles. The molecule has 0 aliphatic carbocycles. The summed E-state index contributed by atoms with van der Waals surface area (Å²) in [6, 6.07) is 21.4. The van der Waals surface area contributed by atoms with Crippen LogP contribution in [0.25, 0.3) is 21.9 Å². The summed E-state index contributed by atoms with van der Waals surface area (Å²) in [5.74, 6) is 0. The van der Waals surface area contributed by atoms with E-state index in [4.69, 9.17) is 0 Å². The van der Waals surface area contributed by atoms with Gasteiger partial charge in [0.25, 0.3) is 0 Å². The van der Waals surface area contributed by atoms with E-state index in [1.807, 2.05) is 42.5 Å². The van der Waals surface area contributed by atoms with E-state index in [1.165, 1.54) is 0 Å². The molecule has 0 aromatic heterocycles. The Labute approximate surface area is 116 Å². The number of benzene rings is 3. The topological polar surface area (TPSA) is 40.9 Å². The second-order valence-corrected chi connectivity index (χ2v) is 4.60. The first-order chi connectivity index (χ1) is 9.81.